The fourth-order valence-corrected chi connectivity index (χ4v) is 3.83. The van der Waals surface area contributed by atoms with Crippen molar-refractivity contribution in [2.45, 2.75) is 32.2 Å². The molecule has 1 fully saturated rings. The van der Waals surface area contributed by atoms with E-state index in [4.69, 9.17) is 0 Å². The Balaban J connectivity index is 1.68. The van der Waals surface area contributed by atoms with E-state index in [1.807, 2.05) is 12.3 Å². The van der Waals surface area contributed by atoms with Crippen molar-refractivity contribution in [3.05, 3.63) is 40.5 Å². The van der Waals surface area contributed by atoms with Crippen LogP contribution in [0.4, 0.5) is 4.39 Å². The molecule has 7 heteroatoms. The maximum Gasteiger partial charge on any atom is 0.308 e. The maximum atomic E-state index is 13.0. The lowest BCUT2D eigenvalue weighted by molar-refractivity contribution is -0.146. The van der Waals surface area contributed by atoms with Crippen LogP contribution in [0.15, 0.2) is 29.6 Å². The van der Waals surface area contributed by atoms with E-state index in [0.717, 1.165) is 5.56 Å². The van der Waals surface area contributed by atoms with Crippen LogP contribution in [-0.4, -0.2) is 39.5 Å². The van der Waals surface area contributed by atoms with Gasteiger partial charge in [0.25, 0.3) is 0 Å². The lowest BCUT2D eigenvalue weighted by Crippen LogP contribution is -2.47. The number of rotatable bonds is 4. The zero-order chi connectivity index (χ0) is 18.0. The molecule has 2 aromatic rings. The topological polar surface area (TPSA) is 70.5 Å². The molecule has 1 aliphatic heterocycles. The number of amides is 1. The first-order valence-corrected chi connectivity index (χ1v) is 9.04. The lowest BCUT2D eigenvalue weighted by Gasteiger charge is -2.36. The van der Waals surface area contributed by atoms with E-state index in [1.54, 1.807) is 17.0 Å². The molecule has 1 aromatic heterocycles. The summed E-state index contributed by atoms with van der Waals surface area (Å²) in [6, 6.07) is 6.10. The number of benzene rings is 1. The number of carboxylic acid groups (broad SMARTS) is 1. The second kappa shape index (κ2) is 7.31. The molecule has 1 amide bonds. The number of aromatic nitrogens is 1. The van der Waals surface area contributed by atoms with E-state index < -0.39 is 11.9 Å². The third kappa shape index (κ3) is 4.04. The van der Waals surface area contributed by atoms with Crippen molar-refractivity contribution in [3.8, 4) is 11.3 Å². The Morgan fingerprint density at radius 2 is 2.04 bits per heavy atom. The molecule has 1 saturated heterocycles. The first kappa shape index (κ1) is 17.5. The normalized spacial score (nSPS) is 20.5. The largest absolute Gasteiger partial charge is 0.481 e. The van der Waals surface area contributed by atoms with Gasteiger partial charge in [-0.1, -0.05) is 0 Å². The monoisotopic (exact) mass is 362 g/mol. The van der Waals surface area contributed by atoms with Crippen LogP contribution < -0.4 is 0 Å². The minimum absolute atomic E-state index is 0.0413. The Hall–Kier alpha value is -2.28. The fraction of sp³-hybridized carbons (Fsp3) is 0.389. The van der Waals surface area contributed by atoms with Crippen LogP contribution in [0.3, 0.4) is 0 Å². The highest BCUT2D eigenvalue weighted by atomic mass is 32.1. The molecule has 1 aromatic carbocycles. The van der Waals surface area contributed by atoms with Gasteiger partial charge in [0.2, 0.25) is 5.91 Å². The summed E-state index contributed by atoms with van der Waals surface area (Å²) in [5, 5.41) is 11.7. The van der Waals surface area contributed by atoms with Gasteiger partial charge < -0.3 is 10.0 Å². The average molecular weight is 362 g/mol. The molecule has 1 N–H and O–H groups in total. The lowest BCUT2D eigenvalue weighted by atomic mass is 9.93. The van der Waals surface area contributed by atoms with E-state index in [2.05, 4.69) is 4.98 Å². The minimum atomic E-state index is -0.849. The maximum absolute atomic E-state index is 13.0. The standard InChI is InChI=1S/C18H19FN2O3S/c1-11-2-3-13(18(23)24)9-21(11)17(22)8-16-20-15(10-25-16)12-4-6-14(19)7-5-12/h4-7,10-11,13H,2-3,8-9H2,1H3,(H,23,24). The quantitative estimate of drug-likeness (QED) is 0.907. The van der Waals surface area contributed by atoms with Crippen molar-refractivity contribution in [3.63, 3.8) is 0 Å². The Bertz CT molecular complexity index is 775. The summed E-state index contributed by atoms with van der Waals surface area (Å²) < 4.78 is 13.0. The molecule has 1 aliphatic rings. The van der Waals surface area contributed by atoms with Crippen LogP contribution in [-0.2, 0) is 16.0 Å². The smallest absolute Gasteiger partial charge is 0.308 e. The molecule has 0 radical (unpaired) electrons. The molecule has 25 heavy (non-hydrogen) atoms. The van der Waals surface area contributed by atoms with Gasteiger partial charge in [-0.15, -0.1) is 11.3 Å². The van der Waals surface area contributed by atoms with E-state index in [1.165, 1.54) is 23.5 Å². The minimum Gasteiger partial charge on any atom is -0.481 e. The van der Waals surface area contributed by atoms with Crippen LogP contribution in [0.25, 0.3) is 11.3 Å². The van der Waals surface area contributed by atoms with Crippen molar-refractivity contribution in [1.29, 1.82) is 0 Å². The average Bonchev–Trinajstić information content (AvgIpc) is 3.04. The SMILES string of the molecule is CC1CCC(C(=O)O)CN1C(=O)Cc1nc(-c2ccc(F)cc2)cs1. The summed E-state index contributed by atoms with van der Waals surface area (Å²) in [5.41, 5.74) is 1.51. The fourth-order valence-electron chi connectivity index (χ4n) is 3.03. The molecule has 0 spiro atoms. The van der Waals surface area contributed by atoms with Gasteiger partial charge in [-0.3, -0.25) is 9.59 Å². The number of likely N-dealkylation sites (tertiary alicyclic amines) is 1. The Morgan fingerprint density at radius 3 is 2.72 bits per heavy atom. The summed E-state index contributed by atoms with van der Waals surface area (Å²) in [7, 11) is 0. The van der Waals surface area contributed by atoms with Gasteiger partial charge in [-0.05, 0) is 44.0 Å². The summed E-state index contributed by atoms with van der Waals surface area (Å²) in [4.78, 5) is 29.9. The Kier molecular flexibility index (Phi) is 5.13. The molecule has 2 atom stereocenters. The molecule has 0 bridgehead atoms. The highest BCUT2D eigenvalue weighted by molar-refractivity contribution is 7.10. The van der Waals surface area contributed by atoms with Gasteiger partial charge in [0.05, 0.1) is 18.0 Å². The Labute approximate surface area is 149 Å². The number of piperidine rings is 1. The number of halogens is 1. The molecule has 132 valence electrons. The van der Waals surface area contributed by atoms with E-state index in [0.29, 0.717) is 23.5 Å². The second-order valence-corrected chi connectivity index (χ2v) is 7.26. The predicted molar refractivity (Wildman–Crippen MR) is 92.7 cm³/mol. The van der Waals surface area contributed by atoms with Crippen LogP contribution in [0, 0.1) is 11.7 Å². The van der Waals surface area contributed by atoms with Gasteiger partial charge in [0, 0.05) is 23.5 Å². The summed E-state index contributed by atoms with van der Waals surface area (Å²) >= 11 is 1.38. The number of carboxylic acids is 1. The summed E-state index contributed by atoms with van der Waals surface area (Å²) in [6.45, 7) is 2.20. The van der Waals surface area contributed by atoms with Crippen molar-refractivity contribution in [1.82, 2.24) is 9.88 Å². The summed E-state index contributed by atoms with van der Waals surface area (Å²) in [5.74, 6) is -1.75. The number of hydrogen-bond donors (Lipinski definition) is 1. The van der Waals surface area contributed by atoms with Crippen LogP contribution in [0.1, 0.15) is 24.8 Å². The molecule has 3 rings (SSSR count). The van der Waals surface area contributed by atoms with E-state index >= 15 is 0 Å². The number of carbonyl (C=O) groups is 2. The molecule has 2 heterocycles. The van der Waals surface area contributed by atoms with Crippen molar-refractivity contribution in [2.24, 2.45) is 5.92 Å². The van der Waals surface area contributed by atoms with E-state index in [9.17, 15) is 19.1 Å². The van der Waals surface area contributed by atoms with Crippen molar-refractivity contribution >= 4 is 23.2 Å². The van der Waals surface area contributed by atoms with Crippen molar-refractivity contribution < 1.29 is 19.1 Å². The number of hydrogen-bond acceptors (Lipinski definition) is 4. The molecule has 2 unspecified atom stereocenters. The van der Waals surface area contributed by atoms with Crippen LogP contribution in [0.5, 0.6) is 0 Å². The second-order valence-electron chi connectivity index (χ2n) is 6.32. The van der Waals surface area contributed by atoms with Crippen molar-refractivity contribution in [2.75, 3.05) is 6.54 Å². The number of nitrogens with zero attached hydrogens (tertiary/aromatic N) is 2. The predicted octanol–water partition coefficient (Wildman–Crippen LogP) is 3.20. The third-order valence-corrected chi connectivity index (χ3v) is 5.39. The van der Waals surface area contributed by atoms with E-state index in [-0.39, 0.29) is 30.7 Å². The van der Waals surface area contributed by atoms with Gasteiger partial charge in [-0.25, -0.2) is 9.37 Å². The zero-order valence-corrected chi connectivity index (χ0v) is 14.6. The first-order valence-electron chi connectivity index (χ1n) is 8.16. The molecule has 0 saturated carbocycles. The van der Waals surface area contributed by atoms with Gasteiger partial charge in [-0.2, -0.15) is 0 Å². The number of thiazole rings is 1. The zero-order valence-electron chi connectivity index (χ0n) is 13.8. The molecule has 0 aliphatic carbocycles. The van der Waals surface area contributed by atoms with Gasteiger partial charge in [0.1, 0.15) is 10.8 Å². The van der Waals surface area contributed by atoms with Crippen LogP contribution >= 0.6 is 11.3 Å². The molecular weight excluding hydrogens is 343 g/mol. The third-order valence-electron chi connectivity index (χ3n) is 4.55. The highest BCUT2D eigenvalue weighted by Gasteiger charge is 2.32. The van der Waals surface area contributed by atoms with Gasteiger partial charge in [0.15, 0.2) is 0 Å². The van der Waals surface area contributed by atoms with Gasteiger partial charge >= 0.3 is 5.97 Å². The first-order chi connectivity index (χ1) is 11.9. The highest BCUT2D eigenvalue weighted by Crippen LogP contribution is 2.25. The van der Waals surface area contributed by atoms with Crippen LogP contribution in [0.2, 0.25) is 0 Å². The molecule has 5 nitrogen and oxygen atoms in total. The Morgan fingerprint density at radius 1 is 1.32 bits per heavy atom. The number of carbonyl (C=O) groups excluding carboxylic acids is 1. The summed E-state index contributed by atoms with van der Waals surface area (Å²) in [6.07, 6.45) is 1.45. The number of aliphatic carboxylic acids is 1. The molecular formula is C18H19FN2O3S.